The summed E-state index contributed by atoms with van der Waals surface area (Å²) >= 11 is 6.30. The van der Waals surface area contributed by atoms with Crippen molar-refractivity contribution in [1.82, 2.24) is 30.4 Å². The molecule has 248 valence electrons. The smallest absolute Gasteiger partial charge is 0.407 e. The van der Waals surface area contributed by atoms with E-state index in [9.17, 15) is 14.4 Å². The Labute approximate surface area is 278 Å². The molecule has 1 aliphatic carbocycles. The minimum absolute atomic E-state index is 0.166. The van der Waals surface area contributed by atoms with Crippen LogP contribution >= 0.6 is 11.8 Å². The van der Waals surface area contributed by atoms with Gasteiger partial charge in [0.15, 0.2) is 0 Å². The number of ether oxygens (including phenoxy) is 1. The summed E-state index contributed by atoms with van der Waals surface area (Å²) in [6.07, 6.45) is 7.61. The fourth-order valence-corrected chi connectivity index (χ4v) is 6.13. The average molecular weight is 662 g/mol. The van der Waals surface area contributed by atoms with Gasteiger partial charge in [-0.25, -0.2) is 9.79 Å². The molecule has 1 fully saturated rings. The van der Waals surface area contributed by atoms with E-state index in [-0.39, 0.29) is 30.2 Å². The molecule has 2 aromatic carbocycles. The normalized spacial score (nSPS) is 20.0. The van der Waals surface area contributed by atoms with Gasteiger partial charge in [0, 0.05) is 48.1 Å². The molecule has 0 spiro atoms. The monoisotopic (exact) mass is 661 g/mol. The molecular weight excluding hydrogens is 622 g/mol. The van der Waals surface area contributed by atoms with E-state index in [4.69, 9.17) is 22.2 Å². The van der Waals surface area contributed by atoms with Crippen LogP contribution in [0.1, 0.15) is 63.6 Å². The topological polar surface area (TPSA) is 172 Å². The van der Waals surface area contributed by atoms with Crippen molar-refractivity contribution in [2.75, 3.05) is 11.4 Å². The first-order chi connectivity index (χ1) is 22.5. The van der Waals surface area contributed by atoms with Crippen LogP contribution in [0.25, 0.3) is 11.4 Å². The number of benzene rings is 2. The number of nitrogens with two attached hydrogens (primary N) is 1. The predicted molar refractivity (Wildman–Crippen MR) is 178 cm³/mol. The number of hydrogen-bond donors (Lipinski definition) is 3. The van der Waals surface area contributed by atoms with E-state index in [1.807, 2.05) is 51.1 Å². The summed E-state index contributed by atoms with van der Waals surface area (Å²) in [5.74, 6) is -0.468. The lowest BCUT2D eigenvalue weighted by atomic mass is 9.81. The van der Waals surface area contributed by atoms with Gasteiger partial charge in [0.1, 0.15) is 18.0 Å². The third-order valence-electron chi connectivity index (χ3n) is 8.30. The zero-order valence-electron chi connectivity index (χ0n) is 26.7. The van der Waals surface area contributed by atoms with E-state index < -0.39 is 23.6 Å². The average Bonchev–Trinajstić information content (AvgIpc) is 3.59. The van der Waals surface area contributed by atoms with Gasteiger partial charge in [-0.15, -0.1) is 10.2 Å². The van der Waals surface area contributed by atoms with Crippen molar-refractivity contribution >= 4 is 41.7 Å². The lowest BCUT2D eigenvalue weighted by Gasteiger charge is -2.36. The minimum Gasteiger partial charge on any atom is -0.444 e. The van der Waals surface area contributed by atoms with E-state index in [0.29, 0.717) is 36.5 Å². The van der Waals surface area contributed by atoms with E-state index in [1.165, 1.54) is 4.42 Å². The molecule has 47 heavy (non-hydrogen) atoms. The highest BCUT2D eigenvalue weighted by molar-refractivity contribution is 6.19. The number of hydrogen-bond acceptors (Lipinski definition) is 9. The van der Waals surface area contributed by atoms with Gasteiger partial charge < -0.3 is 15.8 Å². The van der Waals surface area contributed by atoms with E-state index in [2.05, 4.69) is 30.9 Å². The number of rotatable bonds is 10. The summed E-state index contributed by atoms with van der Waals surface area (Å²) in [5.41, 5.74) is 8.49. The van der Waals surface area contributed by atoms with Crippen molar-refractivity contribution in [3.63, 3.8) is 0 Å². The number of tetrazole rings is 1. The SMILES string of the molecule is CC(C)(C)OC(=O)NCC1CCC(C(=O)N(c2ccc(-c3nn[nH]n3)cc2)[C@@H](Cc2ccc(C3C=CN=CN3Cl)cc2)C(N)=O)CC1. The Kier molecular flexibility index (Phi) is 10.5. The summed E-state index contributed by atoms with van der Waals surface area (Å²) in [6.45, 7) is 5.94. The van der Waals surface area contributed by atoms with Crippen molar-refractivity contribution in [2.24, 2.45) is 22.6 Å². The number of anilines is 1. The quantitative estimate of drug-likeness (QED) is 0.263. The van der Waals surface area contributed by atoms with Gasteiger partial charge in [0.25, 0.3) is 0 Å². The number of carbonyl (C=O) groups is 3. The van der Waals surface area contributed by atoms with E-state index >= 15 is 0 Å². The number of carbonyl (C=O) groups excluding carboxylic acids is 3. The third kappa shape index (κ3) is 8.73. The molecule has 13 nitrogen and oxygen atoms in total. The van der Waals surface area contributed by atoms with Gasteiger partial charge in [-0.3, -0.25) is 18.9 Å². The summed E-state index contributed by atoms with van der Waals surface area (Å²) in [7, 11) is 0. The number of alkyl carbamates (subject to hydrolysis) is 1. The number of aromatic nitrogens is 4. The molecule has 3 amide bonds. The molecule has 1 unspecified atom stereocenters. The highest BCUT2D eigenvalue weighted by atomic mass is 35.5. The highest BCUT2D eigenvalue weighted by Gasteiger charge is 2.36. The second-order valence-corrected chi connectivity index (χ2v) is 13.2. The van der Waals surface area contributed by atoms with Crippen LogP contribution in [0.5, 0.6) is 0 Å². The molecule has 0 bridgehead atoms. The molecule has 2 heterocycles. The van der Waals surface area contributed by atoms with Crippen LogP contribution in [-0.4, -0.2) is 67.5 Å². The van der Waals surface area contributed by atoms with Crippen molar-refractivity contribution in [2.45, 2.75) is 70.6 Å². The standard InChI is InChI=1S/C33H40ClN9O4/c1-33(2,3)47-32(46)37-19-22-6-10-25(11-7-22)31(45)43(26-14-12-24(13-15-26)30-38-40-41-39-30)28(29(35)44)18-21-4-8-23(9-5-21)27-16-17-36-20-42(27)34/h4-5,8-9,12-17,20,22,25,27-28H,6-7,10-11,18-19H2,1-3H3,(H2,35,44)(H,37,46)(H,38,39,40,41)/t22?,25?,27?,28-/m0/s1. The maximum Gasteiger partial charge on any atom is 0.407 e. The Morgan fingerprint density at radius 2 is 1.79 bits per heavy atom. The van der Waals surface area contributed by atoms with Crippen molar-refractivity contribution in [3.05, 3.63) is 71.9 Å². The van der Waals surface area contributed by atoms with Crippen LogP contribution in [-0.2, 0) is 20.7 Å². The summed E-state index contributed by atoms with van der Waals surface area (Å²) in [6, 6.07) is 13.7. The first-order valence-corrected chi connectivity index (χ1v) is 16.0. The second-order valence-electron chi connectivity index (χ2n) is 12.8. The molecule has 5 rings (SSSR count). The van der Waals surface area contributed by atoms with Crippen LogP contribution < -0.4 is 16.0 Å². The molecule has 1 aliphatic heterocycles. The molecule has 0 radical (unpaired) electrons. The van der Waals surface area contributed by atoms with E-state index in [1.54, 1.807) is 41.7 Å². The van der Waals surface area contributed by atoms with Gasteiger partial charge in [-0.05, 0) is 99.1 Å². The zero-order chi connectivity index (χ0) is 33.6. The van der Waals surface area contributed by atoms with Crippen LogP contribution in [0.2, 0.25) is 0 Å². The third-order valence-corrected chi connectivity index (χ3v) is 8.60. The molecule has 2 aliphatic rings. The van der Waals surface area contributed by atoms with Gasteiger partial charge in [-0.1, -0.05) is 24.3 Å². The molecule has 0 saturated heterocycles. The minimum atomic E-state index is -0.942. The van der Waals surface area contributed by atoms with Gasteiger partial charge >= 0.3 is 6.09 Å². The van der Waals surface area contributed by atoms with Gasteiger partial charge in [0.2, 0.25) is 17.6 Å². The number of nitrogens with zero attached hydrogens (tertiary/aromatic N) is 6. The number of aliphatic imine (C=N–C) groups is 1. The van der Waals surface area contributed by atoms with Crippen molar-refractivity contribution in [1.29, 1.82) is 0 Å². The first kappa shape index (κ1) is 33.6. The molecule has 4 N–H and O–H groups in total. The summed E-state index contributed by atoms with van der Waals surface area (Å²) in [4.78, 5) is 45.2. The molecule has 14 heteroatoms. The maximum atomic E-state index is 14.3. The Balaban J connectivity index is 1.33. The second kappa shape index (κ2) is 14.8. The fourth-order valence-electron chi connectivity index (χ4n) is 5.90. The number of amides is 3. The Bertz CT molecular complexity index is 1580. The number of primary amides is 1. The van der Waals surface area contributed by atoms with Crippen molar-refractivity contribution < 1.29 is 19.1 Å². The van der Waals surface area contributed by atoms with Crippen LogP contribution in [0, 0.1) is 11.8 Å². The van der Waals surface area contributed by atoms with Crippen molar-refractivity contribution in [3.8, 4) is 11.4 Å². The Morgan fingerprint density at radius 1 is 1.09 bits per heavy atom. The lowest BCUT2D eigenvalue weighted by molar-refractivity contribution is -0.127. The van der Waals surface area contributed by atoms with Crippen LogP contribution in [0.4, 0.5) is 10.5 Å². The molecule has 1 saturated carbocycles. The molecule has 3 aromatic rings. The molecular formula is C33H40ClN9O4. The van der Waals surface area contributed by atoms with E-state index in [0.717, 1.165) is 24.0 Å². The largest absolute Gasteiger partial charge is 0.444 e. The molecule has 1 aromatic heterocycles. The Hall–Kier alpha value is -4.78. The summed E-state index contributed by atoms with van der Waals surface area (Å²) in [5, 5.41) is 17.0. The first-order valence-electron chi connectivity index (χ1n) is 15.6. The van der Waals surface area contributed by atoms with Gasteiger partial charge in [-0.2, -0.15) is 5.21 Å². The molecule has 2 atom stereocenters. The number of halogens is 1. The van der Waals surface area contributed by atoms with Crippen LogP contribution in [0.3, 0.4) is 0 Å². The highest BCUT2D eigenvalue weighted by Crippen LogP contribution is 2.33. The predicted octanol–water partition coefficient (Wildman–Crippen LogP) is 4.68. The fraction of sp³-hybridized carbons (Fsp3) is 0.424. The van der Waals surface area contributed by atoms with Crippen LogP contribution in [0.15, 0.2) is 65.8 Å². The number of H-pyrrole nitrogens is 1. The lowest BCUT2D eigenvalue weighted by Crippen LogP contribution is -2.52. The number of aromatic amines is 1. The Morgan fingerprint density at radius 3 is 2.38 bits per heavy atom. The number of nitrogens with one attached hydrogen (secondary N) is 2. The summed E-state index contributed by atoms with van der Waals surface area (Å²) < 4.78 is 6.84. The van der Waals surface area contributed by atoms with Gasteiger partial charge in [0.05, 0.1) is 6.04 Å². The zero-order valence-corrected chi connectivity index (χ0v) is 27.4. The maximum absolute atomic E-state index is 14.3.